The van der Waals surface area contributed by atoms with Gasteiger partial charge in [0.1, 0.15) is 11.6 Å². The van der Waals surface area contributed by atoms with Crippen molar-refractivity contribution < 1.29 is 4.79 Å². The predicted octanol–water partition coefficient (Wildman–Crippen LogP) is 2.97. The van der Waals surface area contributed by atoms with Gasteiger partial charge < -0.3 is 10.2 Å². The van der Waals surface area contributed by atoms with Crippen molar-refractivity contribution in [1.82, 2.24) is 5.32 Å². The van der Waals surface area contributed by atoms with Crippen molar-refractivity contribution >= 4 is 23.2 Å². The Labute approximate surface area is 131 Å². The number of anilines is 1. The molecule has 0 saturated carbocycles. The third kappa shape index (κ3) is 5.49. The highest BCUT2D eigenvalue weighted by molar-refractivity contribution is 6.17. The second-order valence-electron chi connectivity index (χ2n) is 4.58. The quantitative estimate of drug-likeness (QED) is 0.365. The van der Waals surface area contributed by atoms with Crippen LogP contribution in [0.15, 0.2) is 36.0 Å². The second-order valence-corrected chi connectivity index (χ2v) is 4.96. The molecule has 1 N–H and O–H groups in total. The standard InChI is InChI=1S/C16H20ClN3O/c1-3-20(15-7-4-6-13(2)10-15)12-14(11-18)16(21)19-9-5-8-17/h4,6-7,10,12H,3,5,8-9H2,1-2H3,(H,19,21)/b14-12-. The average Bonchev–Trinajstić information content (AvgIpc) is 2.48. The Kier molecular flexibility index (Phi) is 7.34. The van der Waals surface area contributed by atoms with Gasteiger partial charge in [0.25, 0.3) is 5.91 Å². The lowest BCUT2D eigenvalue weighted by atomic mass is 10.2. The van der Waals surface area contributed by atoms with Crippen LogP contribution in [-0.2, 0) is 4.79 Å². The maximum Gasteiger partial charge on any atom is 0.263 e. The highest BCUT2D eigenvalue weighted by atomic mass is 35.5. The van der Waals surface area contributed by atoms with Crippen LogP contribution in [0.5, 0.6) is 0 Å². The van der Waals surface area contributed by atoms with Crippen LogP contribution in [0.1, 0.15) is 18.9 Å². The fourth-order valence-corrected chi connectivity index (χ4v) is 1.95. The normalized spacial score (nSPS) is 10.9. The van der Waals surface area contributed by atoms with Gasteiger partial charge in [0, 0.05) is 30.9 Å². The first-order valence-electron chi connectivity index (χ1n) is 6.91. The monoisotopic (exact) mass is 305 g/mol. The number of benzene rings is 1. The molecule has 0 radical (unpaired) electrons. The van der Waals surface area contributed by atoms with Gasteiger partial charge >= 0.3 is 0 Å². The number of halogens is 1. The maximum absolute atomic E-state index is 11.9. The molecule has 0 heterocycles. The summed E-state index contributed by atoms with van der Waals surface area (Å²) < 4.78 is 0. The molecule has 0 aliphatic heterocycles. The van der Waals surface area contributed by atoms with E-state index in [1.165, 1.54) is 0 Å². The number of aryl methyl sites for hydroxylation is 1. The molecular formula is C16H20ClN3O. The van der Waals surface area contributed by atoms with E-state index in [9.17, 15) is 4.79 Å². The van der Waals surface area contributed by atoms with Gasteiger partial charge in [0.2, 0.25) is 0 Å². The molecule has 0 aliphatic carbocycles. The molecular weight excluding hydrogens is 286 g/mol. The molecule has 0 unspecified atom stereocenters. The highest BCUT2D eigenvalue weighted by Crippen LogP contribution is 2.17. The molecule has 1 rings (SSSR count). The molecule has 112 valence electrons. The molecule has 0 spiro atoms. The van der Waals surface area contributed by atoms with Gasteiger partial charge in [-0.15, -0.1) is 11.6 Å². The third-order valence-electron chi connectivity index (χ3n) is 2.92. The van der Waals surface area contributed by atoms with Crippen LogP contribution >= 0.6 is 11.6 Å². The van der Waals surface area contributed by atoms with Crippen molar-refractivity contribution in [3.8, 4) is 6.07 Å². The van der Waals surface area contributed by atoms with Crippen molar-refractivity contribution in [2.75, 3.05) is 23.9 Å². The van der Waals surface area contributed by atoms with E-state index in [1.54, 1.807) is 6.20 Å². The summed E-state index contributed by atoms with van der Waals surface area (Å²) in [5.74, 6) is 0.115. The van der Waals surface area contributed by atoms with Gasteiger partial charge in [0.05, 0.1) is 0 Å². The van der Waals surface area contributed by atoms with E-state index in [1.807, 2.05) is 49.1 Å². The lowest BCUT2D eigenvalue weighted by Gasteiger charge is -2.19. The molecule has 1 amide bonds. The number of rotatable bonds is 7. The second kappa shape index (κ2) is 9.04. The zero-order valence-corrected chi connectivity index (χ0v) is 13.2. The van der Waals surface area contributed by atoms with Crippen molar-refractivity contribution in [2.24, 2.45) is 0 Å². The Morgan fingerprint density at radius 2 is 2.29 bits per heavy atom. The van der Waals surface area contributed by atoms with Gasteiger partial charge in [-0.1, -0.05) is 12.1 Å². The molecule has 21 heavy (non-hydrogen) atoms. The third-order valence-corrected chi connectivity index (χ3v) is 3.19. The van der Waals surface area contributed by atoms with Gasteiger partial charge in [-0.3, -0.25) is 4.79 Å². The van der Waals surface area contributed by atoms with Gasteiger partial charge in [-0.25, -0.2) is 0 Å². The van der Waals surface area contributed by atoms with E-state index in [-0.39, 0.29) is 11.5 Å². The fraction of sp³-hybridized carbons (Fsp3) is 0.375. The van der Waals surface area contributed by atoms with E-state index < -0.39 is 0 Å². The average molecular weight is 306 g/mol. The fourth-order valence-electron chi connectivity index (χ4n) is 1.81. The molecule has 0 saturated heterocycles. The molecule has 1 aromatic rings. The number of amides is 1. The number of nitriles is 1. The first-order chi connectivity index (χ1) is 10.1. The molecule has 0 aromatic heterocycles. The molecule has 0 bridgehead atoms. The van der Waals surface area contributed by atoms with Gasteiger partial charge in [0.15, 0.2) is 0 Å². The Morgan fingerprint density at radius 1 is 1.52 bits per heavy atom. The van der Waals surface area contributed by atoms with Crippen molar-refractivity contribution in [3.63, 3.8) is 0 Å². The lowest BCUT2D eigenvalue weighted by molar-refractivity contribution is -0.117. The van der Waals surface area contributed by atoms with E-state index in [0.29, 0.717) is 25.4 Å². The van der Waals surface area contributed by atoms with Gasteiger partial charge in [-0.05, 0) is 38.0 Å². The minimum absolute atomic E-state index is 0.0907. The van der Waals surface area contributed by atoms with Crippen LogP contribution in [-0.4, -0.2) is 24.9 Å². The van der Waals surface area contributed by atoms with Crippen LogP contribution in [0, 0.1) is 18.3 Å². The first-order valence-corrected chi connectivity index (χ1v) is 7.45. The number of hydrogen-bond donors (Lipinski definition) is 1. The SMILES string of the molecule is CCN(/C=C(/C#N)C(=O)NCCCCl)c1cccc(C)c1. The number of nitrogens with zero attached hydrogens (tertiary/aromatic N) is 2. The summed E-state index contributed by atoms with van der Waals surface area (Å²) in [6.07, 6.45) is 2.27. The topological polar surface area (TPSA) is 56.1 Å². The van der Waals surface area contributed by atoms with Crippen LogP contribution in [0.4, 0.5) is 5.69 Å². The number of nitrogens with one attached hydrogen (secondary N) is 1. The van der Waals surface area contributed by atoms with E-state index >= 15 is 0 Å². The molecule has 5 heteroatoms. The Balaban J connectivity index is 2.88. The molecule has 1 aromatic carbocycles. The summed E-state index contributed by atoms with van der Waals surface area (Å²) in [7, 11) is 0. The van der Waals surface area contributed by atoms with E-state index in [4.69, 9.17) is 16.9 Å². The van der Waals surface area contributed by atoms with Crippen LogP contribution < -0.4 is 10.2 Å². The summed E-state index contributed by atoms with van der Waals surface area (Å²) in [6.45, 7) is 5.12. The summed E-state index contributed by atoms with van der Waals surface area (Å²) in [5, 5.41) is 11.9. The maximum atomic E-state index is 11.9. The zero-order valence-electron chi connectivity index (χ0n) is 12.4. The minimum atomic E-state index is -0.367. The Bertz CT molecular complexity index is 549. The zero-order chi connectivity index (χ0) is 15.7. The minimum Gasteiger partial charge on any atom is -0.351 e. The molecule has 0 aliphatic rings. The summed E-state index contributed by atoms with van der Waals surface area (Å²) in [5.41, 5.74) is 2.18. The molecule has 0 fully saturated rings. The summed E-state index contributed by atoms with van der Waals surface area (Å²) >= 11 is 5.56. The number of alkyl halides is 1. The summed E-state index contributed by atoms with van der Waals surface area (Å²) in [4.78, 5) is 13.8. The highest BCUT2D eigenvalue weighted by Gasteiger charge is 2.11. The number of hydrogen-bond acceptors (Lipinski definition) is 3. The Morgan fingerprint density at radius 3 is 2.86 bits per heavy atom. The van der Waals surface area contributed by atoms with Crippen molar-refractivity contribution in [2.45, 2.75) is 20.3 Å². The van der Waals surface area contributed by atoms with Crippen molar-refractivity contribution in [1.29, 1.82) is 5.26 Å². The van der Waals surface area contributed by atoms with Crippen LogP contribution in [0.3, 0.4) is 0 Å². The number of carbonyl (C=O) groups excluding carboxylic acids is 1. The molecule has 0 atom stereocenters. The van der Waals surface area contributed by atoms with Crippen LogP contribution in [0.25, 0.3) is 0 Å². The van der Waals surface area contributed by atoms with Crippen molar-refractivity contribution in [3.05, 3.63) is 41.6 Å². The van der Waals surface area contributed by atoms with E-state index in [0.717, 1.165) is 11.3 Å². The first kappa shape index (κ1) is 17.1. The van der Waals surface area contributed by atoms with Gasteiger partial charge in [-0.2, -0.15) is 5.26 Å². The van der Waals surface area contributed by atoms with E-state index in [2.05, 4.69) is 5.32 Å². The predicted molar refractivity (Wildman–Crippen MR) is 86.2 cm³/mol. The molecule has 4 nitrogen and oxygen atoms in total. The Hall–Kier alpha value is -1.99. The smallest absolute Gasteiger partial charge is 0.263 e. The number of carbonyl (C=O) groups is 1. The summed E-state index contributed by atoms with van der Waals surface area (Å²) in [6, 6.07) is 9.88. The van der Waals surface area contributed by atoms with Crippen LogP contribution in [0.2, 0.25) is 0 Å². The lowest BCUT2D eigenvalue weighted by Crippen LogP contribution is -2.27. The largest absolute Gasteiger partial charge is 0.351 e.